The number of thiocarbonyl (C=S) groups is 1. The molecule has 0 atom stereocenters. The normalized spacial score (nSPS) is 13.9. The molecule has 0 aromatic heterocycles. The maximum Gasteiger partial charge on any atom is 0.257 e. The van der Waals surface area contributed by atoms with Gasteiger partial charge >= 0.3 is 0 Å². The SMILES string of the molecule is COc1ccc(C(=O)NC(=S)Nc2ccc(C(=O)NC3CCCCC3)cc2)cc1Br. The zero-order valence-electron chi connectivity index (χ0n) is 16.7. The van der Waals surface area contributed by atoms with Gasteiger partial charge in [0, 0.05) is 22.9 Å². The molecule has 0 aliphatic heterocycles. The van der Waals surface area contributed by atoms with Crippen LogP contribution < -0.4 is 20.7 Å². The van der Waals surface area contributed by atoms with Gasteiger partial charge in [0.2, 0.25) is 0 Å². The first-order valence-corrected chi connectivity index (χ1v) is 11.0. The Morgan fingerprint density at radius 2 is 1.67 bits per heavy atom. The molecule has 158 valence electrons. The Kier molecular flexibility index (Phi) is 7.81. The van der Waals surface area contributed by atoms with Crippen LogP contribution in [0.5, 0.6) is 5.75 Å². The largest absolute Gasteiger partial charge is 0.496 e. The molecule has 0 heterocycles. The first-order valence-electron chi connectivity index (χ1n) is 9.83. The third-order valence-electron chi connectivity index (χ3n) is 4.99. The second-order valence-corrected chi connectivity index (χ2v) is 8.41. The van der Waals surface area contributed by atoms with Crippen molar-refractivity contribution in [2.75, 3.05) is 12.4 Å². The maximum atomic E-state index is 12.4. The molecule has 30 heavy (non-hydrogen) atoms. The minimum absolute atomic E-state index is 0.0607. The summed E-state index contributed by atoms with van der Waals surface area (Å²) < 4.78 is 5.84. The van der Waals surface area contributed by atoms with E-state index in [1.54, 1.807) is 49.6 Å². The Morgan fingerprint density at radius 3 is 2.30 bits per heavy atom. The maximum absolute atomic E-state index is 12.4. The fraction of sp³-hybridized carbons (Fsp3) is 0.318. The second kappa shape index (κ2) is 10.5. The molecular weight excluding hydrogens is 466 g/mol. The van der Waals surface area contributed by atoms with Gasteiger partial charge in [-0.15, -0.1) is 0 Å². The molecule has 2 aromatic carbocycles. The number of nitrogens with one attached hydrogen (secondary N) is 3. The minimum Gasteiger partial charge on any atom is -0.496 e. The summed E-state index contributed by atoms with van der Waals surface area (Å²) in [5.74, 6) is 0.244. The van der Waals surface area contributed by atoms with E-state index in [9.17, 15) is 9.59 Å². The predicted molar refractivity (Wildman–Crippen MR) is 125 cm³/mol. The molecule has 6 nitrogen and oxygen atoms in total. The highest BCUT2D eigenvalue weighted by molar-refractivity contribution is 9.10. The van der Waals surface area contributed by atoms with Gasteiger partial charge < -0.3 is 15.4 Å². The van der Waals surface area contributed by atoms with Crippen molar-refractivity contribution in [1.29, 1.82) is 0 Å². The van der Waals surface area contributed by atoms with Crippen LogP contribution in [0.1, 0.15) is 52.8 Å². The van der Waals surface area contributed by atoms with E-state index in [0.717, 1.165) is 12.8 Å². The fourth-order valence-corrected chi connectivity index (χ4v) is 4.12. The van der Waals surface area contributed by atoms with Crippen molar-refractivity contribution in [2.24, 2.45) is 0 Å². The molecule has 3 N–H and O–H groups in total. The average Bonchev–Trinajstić information content (AvgIpc) is 2.74. The summed E-state index contributed by atoms with van der Waals surface area (Å²) in [6.45, 7) is 0. The number of halogens is 1. The van der Waals surface area contributed by atoms with Crippen LogP contribution in [0.2, 0.25) is 0 Å². The zero-order chi connectivity index (χ0) is 21.5. The smallest absolute Gasteiger partial charge is 0.257 e. The van der Waals surface area contributed by atoms with Gasteiger partial charge in [0.1, 0.15) is 5.75 Å². The zero-order valence-corrected chi connectivity index (χ0v) is 19.1. The van der Waals surface area contributed by atoms with Gasteiger partial charge in [0.25, 0.3) is 11.8 Å². The number of ether oxygens (including phenoxy) is 1. The van der Waals surface area contributed by atoms with Gasteiger partial charge in [0.05, 0.1) is 11.6 Å². The van der Waals surface area contributed by atoms with Gasteiger partial charge in [-0.25, -0.2) is 0 Å². The van der Waals surface area contributed by atoms with Crippen molar-refractivity contribution < 1.29 is 14.3 Å². The van der Waals surface area contributed by atoms with Crippen LogP contribution >= 0.6 is 28.1 Å². The summed E-state index contributed by atoms with van der Waals surface area (Å²) in [6, 6.07) is 12.3. The van der Waals surface area contributed by atoms with Crippen molar-refractivity contribution in [3.8, 4) is 5.75 Å². The van der Waals surface area contributed by atoms with E-state index in [1.165, 1.54) is 19.3 Å². The van der Waals surface area contributed by atoms with Crippen LogP contribution in [0.15, 0.2) is 46.9 Å². The summed E-state index contributed by atoms with van der Waals surface area (Å²) in [5.41, 5.74) is 1.73. The molecule has 8 heteroatoms. The number of hydrogen-bond donors (Lipinski definition) is 3. The van der Waals surface area contributed by atoms with Crippen molar-refractivity contribution in [2.45, 2.75) is 38.1 Å². The van der Waals surface area contributed by atoms with Crippen LogP contribution in [-0.4, -0.2) is 30.1 Å². The Bertz CT molecular complexity index is 928. The monoisotopic (exact) mass is 489 g/mol. The third-order valence-corrected chi connectivity index (χ3v) is 5.81. The molecule has 0 radical (unpaired) electrons. The average molecular weight is 490 g/mol. The highest BCUT2D eigenvalue weighted by atomic mass is 79.9. The quantitative estimate of drug-likeness (QED) is 0.532. The van der Waals surface area contributed by atoms with Gasteiger partial charge in [0.15, 0.2) is 5.11 Å². The standard InChI is InChI=1S/C22H24BrN3O3S/c1-29-19-12-9-15(13-18(19)23)21(28)26-22(30)25-17-10-7-14(8-11-17)20(27)24-16-5-3-2-4-6-16/h7-13,16H,2-6H2,1H3,(H,24,27)(H2,25,26,28,30). The lowest BCUT2D eigenvalue weighted by Crippen LogP contribution is -2.36. The van der Waals surface area contributed by atoms with Gasteiger partial charge in [-0.2, -0.15) is 0 Å². The van der Waals surface area contributed by atoms with Crippen LogP contribution in [0.3, 0.4) is 0 Å². The van der Waals surface area contributed by atoms with E-state index in [4.69, 9.17) is 17.0 Å². The first kappa shape index (κ1) is 22.2. The number of anilines is 1. The number of rotatable bonds is 5. The lowest BCUT2D eigenvalue weighted by atomic mass is 9.95. The molecule has 0 unspecified atom stereocenters. The van der Waals surface area contributed by atoms with Gasteiger partial charge in [-0.3, -0.25) is 14.9 Å². The number of carbonyl (C=O) groups is 2. The fourth-order valence-electron chi connectivity index (χ4n) is 3.37. The highest BCUT2D eigenvalue weighted by Gasteiger charge is 2.16. The predicted octanol–water partition coefficient (Wildman–Crippen LogP) is 4.65. The third kappa shape index (κ3) is 6.03. The summed E-state index contributed by atoms with van der Waals surface area (Å²) in [6.07, 6.45) is 5.68. The van der Waals surface area contributed by atoms with Gasteiger partial charge in [-0.1, -0.05) is 19.3 Å². The molecule has 2 aromatic rings. The van der Waals surface area contributed by atoms with Crippen LogP contribution in [-0.2, 0) is 0 Å². The van der Waals surface area contributed by atoms with E-state index >= 15 is 0 Å². The lowest BCUT2D eigenvalue weighted by Gasteiger charge is -2.22. The van der Waals surface area contributed by atoms with E-state index in [-0.39, 0.29) is 23.0 Å². The topological polar surface area (TPSA) is 79.5 Å². The molecule has 1 saturated carbocycles. The number of carbonyl (C=O) groups excluding carboxylic acids is 2. The molecule has 1 aliphatic rings. The molecular formula is C22H24BrN3O3S. The minimum atomic E-state index is -0.334. The molecule has 0 bridgehead atoms. The Morgan fingerprint density at radius 1 is 1.00 bits per heavy atom. The number of amides is 2. The van der Waals surface area contributed by atoms with E-state index < -0.39 is 0 Å². The molecule has 3 rings (SSSR count). The highest BCUT2D eigenvalue weighted by Crippen LogP contribution is 2.25. The Labute approximate surface area is 189 Å². The molecule has 2 amide bonds. The molecule has 0 saturated heterocycles. The number of methoxy groups -OCH3 is 1. The summed E-state index contributed by atoms with van der Waals surface area (Å²) in [5, 5.41) is 8.87. The summed E-state index contributed by atoms with van der Waals surface area (Å²) >= 11 is 8.59. The van der Waals surface area contributed by atoms with Crippen molar-refractivity contribution in [3.63, 3.8) is 0 Å². The van der Waals surface area contributed by atoms with Crippen LogP contribution in [0, 0.1) is 0 Å². The van der Waals surface area contributed by atoms with Crippen LogP contribution in [0.25, 0.3) is 0 Å². The van der Waals surface area contributed by atoms with Crippen molar-refractivity contribution in [3.05, 3.63) is 58.1 Å². The van der Waals surface area contributed by atoms with Crippen LogP contribution in [0.4, 0.5) is 5.69 Å². The lowest BCUT2D eigenvalue weighted by molar-refractivity contribution is 0.0926. The molecule has 1 fully saturated rings. The number of benzene rings is 2. The van der Waals surface area contributed by atoms with Crippen molar-refractivity contribution in [1.82, 2.24) is 10.6 Å². The molecule has 0 spiro atoms. The summed E-state index contributed by atoms with van der Waals surface area (Å²) in [4.78, 5) is 24.8. The first-order chi connectivity index (χ1) is 14.5. The molecule has 1 aliphatic carbocycles. The van der Waals surface area contributed by atoms with E-state index in [1.807, 2.05) is 0 Å². The summed E-state index contributed by atoms with van der Waals surface area (Å²) in [7, 11) is 1.56. The Hall–Kier alpha value is -2.45. The number of hydrogen-bond acceptors (Lipinski definition) is 4. The van der Waals surface area contributed by atoms with Gasteiger partial charge in [-0.05, 0) is 83.5 Å². The van der Waals surface area contributed by atoms with E-state index in [0.29, 0.717) is 27.0 Å². The Balaban J connectivity index is 1.53. The second-order valence-electron chi connectivity index (χ2n) is 7.14. The van der Waals surface area contributed by atoms with Crippen molar-refractivity contribution >= 4 is 50.8 Å². The van der Waals surface area contributed by atoms with E-state index in [2.05, 4.69) is 31.9 Å².